The fourth-order valence-corrected chi connectivity index (χ4v) is 4.13. The van der Waals surface area contributed by atoms with Crippen LogP contribution in [-0.2, 0) is 4.74 Å². The lowest BCUT2D eigenvalue weighted by Gasteiger charge is -2.39. The molecule has 0 heterocycles. The summed E-state index contributed by atoms with van der Waals surface area (Å²) in [7, 11) is 0. The first-order chi connectivity index (χ1) is 9.22. The molecule has 2 rings (SSSR count). The molecule has 0 aromatic rings. The largest absolute Gasteiger partial charge is 0.375 e. The smallest absolute Gasteiger partial charge is 0.0621 e. The maximum atomic E-state index is 6.50. The van der Waals surface area contributed by atoms with E-state index in [2.05, 4.69) is 13.8 Å². The van der Waals surface area contributed by atoms with E-state index in [4.69, 9.17) is 10.5 Å². The van der Waals surface area contributed by atoms with Crippen LogP contribution in [0, 0.1) is 17.8 Å². The maximum absolute atomic E-state index is 6.50. The molecule has 2 saturated carbocycles. The van der Waals surface area contributed by atoms with Gasteiger partial charge >= 0.3 is 0 Å². The van der Waals surface area contributed by atoms with Crippen molar-refractivity contribution in [3.05, 3.63) is 0 Å². The minimum atomic E-state index is 0.450. The summed E-state index contributed by atoms with van der Waals surface area (Å²) < 4.78 is 6.50. The van der Waals surface area contributed by atoms with Crippen molar-refractivity contribution in [3.63, 3.8) is 0 Å². The van der Waals surface area contributed by atoms with E-state index in [0.29, 0.717) is 18.1 Å². The summed E-state index contributed by atoms with van der Waals surface area (Å²) in [6.45, 7) is 5.48. The van der Waals surface area contributed by atoms with Gasteiger partial charge in [-0.2, -0.15) is 0 Å². The van der Waals surface area contributed by atoms with Crippen LogP contribution < -0.4 is 5.73 Å². The summed E-state index contributed by atoms with van der Waals surface area (Å²) in [5, 5.41) is 0. The van der Waals surface area contributed by atoms with Crippen molar-refractivity contribution in [2.75, 3.05) is 6.54 Å². The van der Waals surface area contributed by atoms with Crippen LogP contribution in [0.15, 0.2) is 0 Å². The van der Waals surface area contributed by atoms with Crippen LogP contribution in [0.25, 0.3) is 0 Å². The zero-order valence-electron chi connectivity index (χ0n) is 12.9. The van der Waals surface area contributed by atoms with E-state index in [-0.39, 0.29) is 0 Å². The van der Waals surface area contributed by atoms with Gasteiger partial charge in [0.25, 0.3) is 0 Å². The van der Waals surface area contributed by atoms with Gasteiger partial charge in [-0.05, 0) is 56.4 Å². The van der Waals surface area contributed by atoms with E-state index < -0.39 is 0 Å². The summed E-state index contributed by atoms with van der Waals surface area (Å²) in [6.07, 6.45) is 12.9. The monoisotopic (exact) mass is 267 g/mol. The van der Waals surface area contributed by atoms with Crippen LogP contribution in [0.4, 0.5) is 0 Å². The van der Waals surface area contributed by atoms with Gasteiger partial charge in [-0.15, -0.1) is 0 Å². The van der Waals surface area contributed by atoms with Gasteiger partial charge in [0.15, 0.2) is 0 Å². The highest BCUT2D eigenvalue weighted by Crippen LogP contribution is 2.36. The Kier molecular flexibility index (Phi) is 6.15. The number of hydrogen-bond acceptors (Lipinski definition) is 2. The lowest BCUT2D eigenvalue weighted by Crippen LogP contribution is -2.39. The van der Waals surface area contributed by atoms with Crippen LogP contribution in [0.5, 0.6) is 0 Å². The Morgan fingerprint density at radius 3 is 2.63 bits per heavy atom. The molecule has 2 nitrogen and oxygen atoms in total. The molecule has 0 saturated heterocycles. The van der Waals surface area contributed by atoms with Crippen molar-refractivity contribution >= 4 is 0 Å². The first kappa shape index (κ1) is 15.3. The number of ether oxygens (including phenoxy) is 1. The summed E-state index contributed by atoms with van der Waals surface area (Å²) in [5.74, 6) is 2.36. The molecule has 0 bridgehead atoms. The average molecular weight is 267 g/mol. The van der Waals surface area contributed by atoms with Crippen molar-refractivity contribution in [1.29, 1.82) is 0 Å². The minimum Gasteiger partial charge on any atom is -0.375 e. The second-order valence-electron chi connectivity index (χ2n) is 7.03. The first-order valence-corrected chi connectivity index (χ1v) is 8.58. The number of nitrogens with two attached hydrogens (primary N) is 1. The second-order valence-corrected chi connectivity index (χ2v) is 7.03. The molecular formula is C17H33NO. The van der Waals surface area contributed by atoms with Crippen molar-refractivity contribution in [2.45, 2.75) is 83.8 Å². The van der Waals surface area contributed by atoms with E-state index in [1.807, 2.05) is 0 Å². The predicted molar refractivity (Wildman–Crippen MR) is 81.1 cm³/mol. The zero-order valence-corrected chi connectivity index (χ0v) is 12.9. The molecule has 0 spiro atoms. The SMILES string of the molecule is CCCC1CCC(CN)C(OC2CCCC(C)C2)C1. The molecule has 2 aliphatic rings. The Bertz CT molecular complexity index is 256. The van der Waals surface area contributed by atoms with E-state index in [1.54, 1.807) is 0 Å². The van der Waals surface area contributed by atoms with Gasteiger partial charge in [-0.25, -0.2) is 0 Å². The zero-order chi connectivity index (χ0) is 13.7. The molecular weight excluding hydrogens is 234 g/mol. The number of hydrogen-bond donors (Lipinski definition) is 1. The van der Waals surface area contributed by atoms with Gasteiger partial charge in [0.2, 0.25) is 0 Å². The van der Waals surface area contributed by atoms with E-state index in [9.17, 15) is 0 Å². The van der Waals surface area contributed by atoms with Crippen LogP contribution in [-0.4, -0.2) is 18.8 Å². The van der Waals surface area contributed by atoms with Gasteiger partial charge in [-0.3, -0.25) is 0 Å². The van der Waals surface area contributed by atoms with Gasteiger partial charge in [0, 0.05) is 0 Å². The highest BCUT2D eigenvalue weighted by atomic mass is 16.5. The fourth-order valence-electron chi connectivity index (χ4n) is 4.13. The third-order valence-electron chi connectivity index (χ3n) is 5.29. The Morgan fingerprint density at radius 2 is 1.95 bits per heavy atom. The Balaban J connectivity index is 1.86. The second kappa shape index (κ2) is 7.64. The van der Waals surface area contributed by atoms with Gasteiger partial charge in [0.05, 0.1) is 12.2 Å². The van der Waals surface area contributed by atoms with Crippen molar-refractivity contribution in [2.24, 2.45) is 23.5 Å². The molecule has 0 aromatic carbocycles. The van der Waals surface area contributed by atoms with Gasteiger partial charge < -0.3 is 10.5 Å². The Hall–Kier alpha value is -0.0800. The summed E-state index contributed by atoms with van der Waals surface area (Å²) >= 11 is 0. The van der Waals surface area contributed by atoms with E-state index in [1.165, 1.54) is 57.8 Å². The third kappa shape index (κ3) is 4.46. The molecule has 0 amide bonds. The number of rotatable bonds is 5. The molecule has 0 radical (unpaired) electrons. The van der Waals surface area contributed by atoms with Crippen LogP contribution >= 0.6 is 0 Å². The van der Waals surface area contributed by atoms with Gasteiger partial charge in [0.1, 0.15) is 0 Å². The first-order valence-electron chi connectivity index (χ1n) is 8.58. The highest BCUT2D eigenvalue weighted by Gasteiger charge is 2.32. The van der Waals surface area contributed by atoms with Crippen LogP contribution in [0.1, 0.15) is 71.6 Å². The van der Waals surface area contributed by atoms with E-state index in [0.717, 1.165) is 18.4 Å². The highest BCUT2D eigenvalue weighted by molar-refractivity contribution is 4.83. The lowest BCUT2D eigenvalue weighted by molar-refractivity contribution is -0.0865. The summed E-state index contributed by atoms with van der Waals surface area (Å²) in [4.78, 5) is 0. The van der Waals surface area contributed by atoms with Crippen molar-refractivity contribution in [1.82, 2.24) is 0 Å². The minimum absolute atomic E-state index is 0.450. The maximum Gasteiger partial charge on any atom is 0.0621 e. The van der Waals surface area contributed by atoms with Crippen LogP contribution in [0.3, 0.4) is 0 Å². The normalized spacial score (nSPS) is 40.3. The Labute approximate surface area is 119 Å². The molecule has 0 aromatic heterocycles. The Morgan fingerprint density at radius 1 is 1.11 bits per heavy atom. The molecule has 5 unspecified atom stereocenters. The predicted octanol–water partition coefficient (Wildman–Crippen LogP) is 4.13. The summed E-state index contributed by atoms with van der Waals surface area (Å²) in [6, 6.07) is 0. The van der Waals surface area contributed by atoms with Gasteiger partial charge in [-0.1, -0.05) is 39.5 Å². The molecule has 19 heavy (non-hydrogen) atoms. The van der Waals surface area contributed by atoms with E-state index >= 15 is 0 Å². The molecule has 2 fully saturated rings. The fraction of sp³-hybridized carbons (Fsp3) is 1.00. The molecule has 112 valence electrons. The third-order valence-corrected chi connectivity index (χ3v) is 5.29. The van der Waals surface area contributed by atoms with Crippen molar-refractivity contribution < 1.29 is 4.74 Å². The molecule has 2 N–H and O–H groups in total. The topological polar surface area (TPSA) is 35.2 Å². The lowest BCUT2D eigenvalue weighted by atomic mass is 9.77. The molecule has 0 aliphatic heterocycles. The standard InChI is InChI=1S/C17H33NO/c1-3-5-14-8-9-15(12-18)17(11-14)19-16-7-4-6-13(2)10-16/h13-17H,3-12,18H2,1-2H3. The summed E-state index contributed by atoms with van der Waals surface area (Å²) in [5.41, 5.74) is 5.97. The molecule has 5 atom stereocenters. The quantitative estimate of drug-likeness (QED) is 0.813. The average Bonchev–Trinajstić information content (AvgIpc) is 2.39. The molecule has 2 aliphatic carbocycles. The molecule has 2 heteroatoms. The van der Waals surface area contributed by atoms with Crippen LogP contribution in [0.2, 0.25) is 0 Å². The van der Waals surface area contributed by atoms with Crippen molar-refractivity contribution in [3.8, 4) is 0 Å².